The number of halogens is 5. The number of nitrogens with two attached hydrogens (primary N) is 1. The molecular formula is C17H13F5N2O2. The monoisotopic (exact) mass is 372 g/mol. The summed E-state index contributed by atoms with van der Waals surface area (Å²) >= 11 is 0. The molecule has 138 valence electrons. The molecule has 0 bridgehead atoms. The van der Waals surface area contributed by atoms with Gasteiger partial charge in [-0.2, -0.15) is 13.2 Å². The number of rotatable bonds is 5. The Morgan fingerprint density at radius 1 is 1.08 bits per heavy atom. The van der Waals surface area contributed by atoms with E-state index in [1.54, 1.807) is 0 Å². The van der Waals surface area contributed by atoms with E-state index in [1.165, 1.54) is 12.1 Å². The van der Waals surface area contributed by atoms with E-state index in [1.807, 2.05) is 0 Å². The summed E-state index contributed by atoms with van der Waals surface area (Å²) in [5, 5.41) is 2.08. The normalized spacial score (nSPS) is 12.5. The summed E-state index contributed by atoms with van der Waals surface area (Å²) in [6, 6.07) is 5.11. The third-order valence-electron chi connectivity index (χ3n) is 3.57. The van der Waals surface area contributed by atoms with Gasteiger partial charge in [0.2, 0.25) is 5.91 Å². The van der Waals surface area contributed by atoms with Crippen molar-refractivity contribution in [3.8, 4) is 0 Å². The second kappa shape index (κ2) is 7.51. The summed E-state index contributed by atoms with van der Waals surface area (Å²) in [6.45, 7) is 0. The molecule has 2 aromatic rings. The van der Waals surface area contributed by atoms with Crippen LogP contribution in [0, 0.1) is 11.6 Å². The third-order valence-corrected chi connectivity index (χ3v) is 3.57. The predicted molar refractivity (Wildman–Crippen MR) is 82.0 cm³/mol. The molecule has 0 aliphatic heterocycles. The van der Waals surface area contributed by atoms with E-state index >= 15 is 0 Å². The minimum Gasteiger partial charge on any atom is -0.368 e. The number of amides is 2. The van der Waals surface area contributed by atoms with Crippen molar-refractivity contribution in [1.82, 2.24) is 5.32 Å². The van der Waals surface area contributed by atoms with E-state index in [9.17, 15) is 31.5 Å². The van der Waals surface area contributed by atoms with Crippen molar-refractivity contribution in [2.75, 3.05) is 0 Å². The first kappa shape index (κ1) is 19.4. The van der Waals surface area contributed by atoms with Gasteiger partial charge in [0, 0.05) is 12.5 Å². The fourth-order valence-electron chi connectivity index (χ4n) is 2.33. The van der Waals surface area contributed by atoms with Gasteiger partial charge in [0.1, 0.15) is 17.7 Å². The molecule has 0 aromatic heterocycles. The molecule has 0 heterocycles. The minimum absolute atomic E-state index is 0.260. The molecule has 0 spiro atoms. The zero-order valence-electron chi connectivity index (χ0n) is 13.1. The molecule has 2 amide bonds. The van der Waals surface area contributed by atoms with Crippen molar-refractivity contribution in [3.05, 3.63) is 70.8 Å². The fraction of sp³-hybridized carbons (Fsp3) is 0.176. The Morgan fingerprint density at radius 3 is 2.31 bits per heavy atom. The summed E-state index contributed by atoms with van der Waals surface area (Å²) in [6.07, 6.45) is -5.20. The van der Waals surface area contributed by atoms with Gasteiger partial charge in [0.05, 0.1) is 11.1 Å². The van der Waals surface area contributed by atoms with Crippen molar-refractivity contribution in [1.29, 1.82) is 0 Å². The van der Waals surface area contributed by atoms with Crippen LogP contribution in [0.25, 0.3) is 0 Å². The zero-order valence-corrected chi connectivity index (χ0v) is 13.1. The molecule has 0 aliphatic carbocycles. The largest absolute Gasteiger partial charge is 0.416 e. The summed E-state index contributed by atoms with van der Waals surface area (Å²) < 4.78 is 65.6. The Balaban J connectivity index is 2.26. The lowest BCUT2D eigenvalue weighted by molar-refractivity contribution is -0.138. The highest BCUT2D eigenvalue weighted by atomic mass is 19.4. The smallest absolute Gasteiger partial charge is 0.368 e. The van der Waals surface area contributed by atoms with Crippen LogP contribution < -0.4 is 11.1 Å². The van der Waals surface area contributed by atoms with Crippen LogP contribution in [0.15, 0.2) is 42.5 Å². The maximum atomic E-state index is 13.6. The van der Waals surface area contributed by atoms with Gasteiger partial charge in [-0.3, -0.25) is 9.59 Å². The molecule has 2 aromatic carbocycles. The zero-order chi connectivity index (χ0) is 19.5. The average Bonchev–Trinajstić information content (AvgIpc) is 2.53. The Labute approximate surface area is 144 Å². The number of hydrogen-bond donors (Lipinski definition) is 2. The summed E-state index contributed by atoms with van der Waals surface area (Å²) in [5.41, 5.74) is 3.34. The highest BCUT2D eigenvalue weighted by Crippen LogP contribution is 2.32. The Hall–Kier alpha value is -2.97. The lowest BCUT2D eigenvalue weighted by Gasteiger charge is -2.19. The first-order valence-corrected chi connectivity index (χ1v) is 7.30. The molecule has 0 unspecified atom stereocenters. The second-order valence-electron chi connectivity index (χ2n) is 5.41. The van der Waals surface area contributed by atoms with E-state index in [2.05, 4.69) is 5.32 Å². The van der Waals surface area contributed by atoms with Crippen molar-refractivity contribution in [2.45, 2.75) is 18.6 Å². The van der Waals surface area contributed by atoms with Crippen LogP contribution in [0.1, 0.15) is 21.5 Å². The van der Waals surface area contributed by atoms with E-state index < -0.39 is 53.2 Å². The van der Waals surface area contributed by atoms with Gasteiger partial charge in [0.25, 0.3) is 5.91 Å². The molecule has 0 saturated heterocycles. The van der Waals surface area contributed by atoms with E-state index in [4.69, 9.17) is 5.73 Å². The van der Waals surface area contributed by atoms with Crippen LogP contribution in [0.4, 0.5) is 22.0 Å². The van der Waals surface area contributed by atoms with Crippen LogP contribution in [-0.2, 0) is 17.4 Å². The number of benzene rings is 2. The molecule has 3 N–H and O–H groups in total. The summed E-state index contributed by atoms with van der Waals surface area (Å²) in [5.74, 6) is -4.29. The number of primary amides is 1. The Bertz CT molecular complexity index is 836. The second-order valence-corrected chi connectivity index (χ2v) is 5.41. The molecule has 1 atom stereocenters. The molecule has 0 aliphatic rings. The van der Waals surface area contributed by atoms with Crippen molar-refractivity contribution in [3.63, 3.8) is 0 Å². The number of alkyl halides is 3. The van der Waals surface area contributed by atoms with Gasteiger partial charge in [0.15, 0.2) is 0 Å². The highest BCUT2D eigenvalue weighted by molar-refractivity contribution is 5.97. The standard InChI is InChI=1S/C17H13F5N2O2/c18-10-5-6-11(13(19)8-10)16(26)24-14(15(23)25)7-9-3-1-2-4-12(9)17(20,21)22/h1-6,8,14H,7H2,(H2,23,25)(H,24,26)/t14-/m0/s1. The van der Waals surface area contributed by atoms with E-state index in [0.717, 1.165) is 24.3 Å². The summed E-state index contributed by atoms with van der Waals surface area (Å²) in [4.78, 5) is 23.6. The van der Waals surface area contributed by atoms with E-state index in [-0.39, 0.29) is 5.56 Å². The SMILES string of the molecule is NC(=O)[C@H](Cc1ccccc1C(F)(F)F)NC(=O)c1ccc(F)cc1F. The topological polar surface area (TPSA) is 72.2 Å². The average molecular weight is 372 g/mol. The Morgan fingerprint density at radius 2 is 1.73 bits per heavy atom. The van der Waals surface area contributed by atoms with Gasteiger partial charge in [-0.15, -0.1) is 0 Å². The lowest BCUT2D eigenvalue weighted by atomic mass is 9.99. The van der Waals surface area contributed by atoms with Crippen molar-refractivity contribution < 1.29 is 31.5 Å². The predicted octanol–water partition coefficient (Wildman–Crippen LogP) is 2.81. The highest BCUT2D eigenvalue weighted by Gasteiger charge is 2.34. The lowest BCUT2D eigenvalue weighted by Crippen LogP contribution is -2.46. The van der Waals surface area contributed by atoms with E-state index in [0.29, 0.717) is 6.07 Å². The number of nitrogens with one attached hydrogen (secondary N) is 1. The molecule has 26 heavy (non-hydrogen) atoms. The van der Waals surface area contributed by atoms with Crippen LogP contribution in [0.3, 0.4) is 0 Å². The molecule has 2 rings (SSSR count). The molecule has 0 saturated carbocycles. The molecule has 0 fully saturated rings. The molecule has 4 nitrogen and oxygen atoms in total. The van der Waals surface area contributed by atoms with Gasteiger partial charge in [-0.25, -0.2) is 8.78 Å². The molecule has 0 radical (unpaired) electrons. The van der Waals surface area contributed by atoms with Gasteiger partial charge >= 0.3 is 6.18 Å². The first-order valence-electron chi connectivity index (χ1n) is 7.30. The van der Waals surface area contributed by atoms with Crippen LogP contribution in [-0.4, -0.2) is 17.9 Å². The maximum absolute atomic E-state index is 13.6. The Kier molecular flexibility index (Phi) is 5.59. The number of hydrogen-bond acceptors (Lipinski definition) is 2. The van der Waals surface area contributed by atoms with Crippen molar-refractivity contribution in [2.24, 2.45) is 5.73 Å². The van der Waals surface area contributed by atoms with Gasteiger partial charge in [-0.1, -0.05) is 18.2 Å². The maximum Gasteiger partial charge on any atom is 0.416 e. The fourth-order valence-corrected chi connectivity index (χ4v) is 2.33. The molecular weight excluding hydrogens is 359 g/mol. The first-order chi connectivity index (χ1) is 12.1. The van der Waals surface area contributed by atoms with Crippen molar-refractivity contribution >= 4 is 11.8 Å². The van der Waals surface area contributed by atoms with Crippen LogP contribution in [0.2, 0.25) is 0 Å². The van der Waals surface area contributed by atoms with Crippen LogP contribution >= 0.6 is 0 Å². The quantitative estimate of drug-likeness (QED) is 0.793. The number of carbonyl (C=O) groups excluding carboxylic acids is 2. The summed E-state index contributed by atoms with van der Waals surface area (Å²) in [7, 11) is 0. The van der Waals surface area contributed by atoms with Crippen LogP contribution in [0.5, 0.6) is 0 Å². The van der Waals surface area contributed by atoms with Gasteiger partial charge in [-0.05, 0) is 23.8 Å². The third kappa shape index (κ3) is 4.56. The number of carbonyl (C=O) groups is 2. The van der Waals surface area contributed by atoms with Gasteiger partial charge < -0.3 is 11.1 Å². The molecule has 9 heteroatoms. The minimum atomic E-state index is -4.66.